The number of methoxy groups -OCH3 is 1. The minimum atomic E-state index is 0.455. The van der Waals surface area contributed by atoms with Gasteiger partial charge in [0.05, 0.1) is 12.1 Å². The minimum absolute atomic E-state index is 0.455. The third kappa shape index (κ3) is 4.26. The molecule has 2 N–H and O–H groups in total. The zero-order valence-electron chi connectivity index (χ0n) is 15.5. The molecule has 2 heterocycles. The van der Waals surface area contributed by atoms with Crippen molar-refractivity contribution in [1.82, 2.24) is 15.0 Å². The molecule has 144 valence electrons. The Balaban J connectivity index is 1.64. The number of aromatic nitrogens is 3. The number of anilines is 5. The fraction of sp³-hybridized carbons (Fsp3) is 0.250. The second-order valence-electron chi connectivity index (χ2n) is 6.44. The average molecular weight is 397 g/mol. The van der Waals surface area contributed by atoms with E-state index in [2.05, 4.69) is 30.5 Å². The third-order valence-corrected chi connectivity index (χ3v) is 4.75. The van der Waals surface area contributed by atoms with Crippen LogP contribution in [-0.2, 0) is 0 Å². The maximum atomic E-state index is 6.23. The Labute approximate surface area is 168 Å². The van der Waals surface area contributed by atoms with E-state index < -0.39 is 0 Å². The van der Waals surface area contributed by atoms with Crippen LogP contribution in [0.25, 0.3) is 0 Å². The van der Waals surface area contributed by atoms with Gasteiger partial charge in [0.2, 0.25) is 17.8 Å². The molecule has 4 rings (SSSR count). The van der Waals surface area contributed by atoms with E-state index in [1.54, 1.807) is 19.2 Å². The van der Waals surface area contributed by atoms with Gasteiger partial charge >= 0.3 is 0 Å². The van der Waals surface area contributed by atoms with Gasteiger partial charge in [0.15, 0.2) is 0 Å². The van der Waals surface area contributed by atoms with Gasteiger partial charge in [-0.2, -0.15) is 15.0 Å². The maximum absolute atomic E-state index is 6.23. The second kappa shape index (κ2) is 8.31. The zero-order chi connectivity index (χ0) is 19.3. The van der Waals surface area contributed by atoms with Gasteiger partial charge in [0.1, 0.15) is 5.75 Å². The maximum Gasteiger partial charge on any atom is 0.233 e. The summed E-state index contributed by atoms with van der Waals surface area (Å²) in [4.78, 5) is 15.9. The summed E-state index contributed by atoms with van der Waals surface area (Å²) in [5.74, 6) is 2.22. The normalized spacial score (nSPS) is 13.4. The van der Waals surface area contributed by atoms with Gasteiger partial charge in [-0.15, -0.1) is 0 Å². The van der Waals surface area contributed by atoms with Gasteiger partial charge in [-0.25, -0.2) is 0 Å². The molecule has 0 saturated carbocycles. The first-order chi connectivity index (χ1) is 13.7. The van der Waals surface area contributed by atoms with Crippen LogP contribution in [0.3, 0.4) is 0 Å². The van der Waals surface area contributed by atoms with Crippen molar-refractivity contribution in [3.63, 3.8) is 0 Å². The highest BCUT2D eigenvalue weighted by molar-refractivity contribution is 6.32. The quantitative estimate of drug-likeness (QED) is 0.629. The lowest BCUT2D eigenvalue weighted by molar-refractivity contribution is 0.415. The number of nitrogens with zero attached hydrogens (tertiary/aromatic N) is 4. The van der Waals surface area contributed by atoms with E-state index in [4.69, 9.17) is 16.3 Å². The van der Waals surface area contributed by atoms with Crippen LogP contribution in [0.5, 0.6) is 5.75 Å². The molecule has 1 fully saturated rings. The summed E-state index contributed by atoms with van der Waals surface area (Å²) in [6.45, 7) is 1.89. The van der Waals surface area contributed by atoms with Crippen LogP contribution in [0.2, 0.25) is 5.02 Å². The summed E-state index contributed by atoms with van der Waals surface area (Å²) >= 11 is 6.23. The molecule has 0 radical (unpaired) electrons. The van der Waals surface area contributed by atoms with E-state index in [0.29, 0.717) is 28.6 Å². The van der Waals surface area contributed by atoms with Crippen LogP contribution in [0, 0.1) is 0 Å². The lowest BCUT2D eigenvalue weighted by Gasteiger charge is -2.17. The van der Waals surface area contributed by atoms with Crippen molar-refractivity contribution in [2.24, 2.45) is 0 Å². The summed E-state index contributed by atoms with van der Waals surface area (Å²) in [5, 5.41) is 6.98. The van der Waals surface area contributed by atoms with Crippen molar-refractivity contribution in [3.8, 4) is 5.75 Å². The first-order valence-corrected chi connectivity index (χ1v) is 9.53. The highest BCUT2D eigenvalue weighted by atomic mass is 35.5. The summed E-state index contributed by atoms with van der Waals surface area (Å²) < 4.78 is 5.20. The van der Waals surface area contributed by atoms with Gasteiger partial charge in [0, 0.05) is 24.5 Å². The van der Waals surface area contributed by atoms with E-state index >= 15 is 0 Å². The largest absolute Gasteiger partial charge is 0.495 e. The van der Waals surface area contributed by atoms with Crippen molar-refractivity contribution < 1.29 is 4.74 Å². The third-order valence-electron chi connectivity index (χ3n) is 4.45. The van der Waals surface area contributed by atoms with Crippen molar-refractivity contribution in [3.05, 3.63) is 53.6 Å². The lowest BCUT2D eigenvalue weighted by atomic mass is 10.3. The number of rotatable bonds is 6. The molecule has 1 saturated heterocycles. The number of nitrogens with one attached hydrogen (secondary N) is 2. The van der Waals surface area contributed by atoms with Crippen LogP contribution in [0.1, 0.15) is 12.8 Å². The van der Waals surface area contributed by atoms with Crippen LogP contribution < -0.4 is 20.3 Å². The smallest absolute Gasteiger partial charge is 0.233 e. The standard InChI is InChI=1S/C20H21ClN6O/c1-28-17-10-9-15(13-16(17)21)23-19-24-18(22-14-7-3-2-4-8-14)25-20(26-19)27-11-5-6-12-27/h2-4,7-10,13H,5-6,11-12H2,1H3,(H2,22,23,24,25,26). The predicted molar refractivity (Wildman–Crippen MR) is 112 cm³/mol. The molecule has 28 heavy (non-hydrogen) atoms. The molecule has 0 amide bonds. The SMILES string of the molecule is COc1ccc(Nc2nc(Nc3ccccc3)nc(N3CCCC3)n2)cc1Cl. The molecule has 3 aromatic rings. The van der Waals surface area contributed by atoms with Crippen molar-refractivity contribution in [2.75, 3.05) is 35.7 Å². The molecule has 2 aromatic carbocycles. The monoisotopic (exact) mass is 396 g/mol. The minimum Gasteiger partial charge on any atom is -0.495 e. The second-order valence-corrected chi connectivity index (χ2v) is 6.85. The number of hydrogen-bond donors (Lipinski definition) is 2. The highest BCUT2D eigenvalue weighted by Crippen LogP contribution is 2.29. The van der Waals surface area contributed by atoms with Gasteiger partial charge in [-0.05, 0) is 43.2 Å². The Hall–Kier alpha value is -3.06. The molecule has 1 aromatic heterocycles. The first kappa shape index (κ1) is 18.3. The number of ether oxygens (including phenoxy) is 1. The predicted octanol–water partition coefficient (Wildman–Crippen LogP) is 4.62. The fourth-order valence-corrected chi connectivity index (χ4v) is 3.32. The molecule has 0 spiro atoms. The molecule has 7 nitrogen and oxygen atoms in total. The van der Waals surface area contributed by atoms with E-state index in [1.807, 2.05) is 36.4 Å². The summed E-state index contributed by atoms with van der Waals surface area (Å²) in [5.41, 5.74) is 1.69. The molecule has 1 aliphatic rings. The van der Waals surface area contributed by atoms with Gasteiger partial charge in [-0.3, -0.25) is 0 Å². The summed E-state index contributed by atoms with van der Waals surface area (Å²) in [6, 6.07) is 15.3. The fourth-order valence-electron chi connectivity index (χ4n) is 3.06. The Morgan fingerprint density at radius 2 is 1.57 bits per heavy atom. The highest BCUT2D eigenvalue weighted by Gasteiger charge is 2.18. The molecular weight excluding hydrogens is 376 g/mol. The number of halogens is 1. The molecule has 0 atom stereocenters. The molecular formula is C20H21ClN6O. The van der Waals surface area contributed by atoms with Gasteiger partial charge < -0.3 is 20.3 Å². The van der Waals surface area contributed by atoms with E-state index in [1.165, 1.54) is 0 Å². The Morgan fingerprint density at radius 1 is 0.893 bits per heavy atom. The van der Waals surface area contributed by atoms with Crippen LogP contribution in [-0.4, -0.2) is 35.2 Å². The van der Waals surface area contributed by atoms with Crippen LogP contribution in [0.4, 0.5) is 29.2 Å². The lowest BCUT2D eigenvalue weighted by Crippen LogP contribution is -2.21. The Kier molecular flexibility index (Phi) is 5.43. The number of hydrogen-bond acceptors (Lipinski definition) is 7. The summed E-state index contributed by atoms with van der Waals surface area (Å²) in [6.07, 6.45) is 2.29. The topological polar surface area (TPSA) is 75.2 Å². The molecule has 1 aliphatic heterocycles. The van der Waals surface area contributed by atoms with Crippen molar-refractivity contribution >= 4 is 40.8 Å². The molecule has 0 aliphatic carbocycles. The van der Waals surface area contributed by atoms with Crippen LogP contribution >= 0.6 is 11.6 Å². The van der Waals surface area contributed by atoms with E-state index in [9.17, 15) is 0 Å². The zero-order valence-corrected chi connectivity index (χ0v) is 16.3. The van der Waals surface area contributed by atoms with Gasteiger partial charge in [-0.1, -0.05) is 29.8 Å². The number of benzene rings is 2. The van der Waals surface area contributed by atoms with E-state index in [0.717, 1.165) is 37.3 Å². The van der Waals surface area contributed by atoms with Crippen LogP contribution in [0.15, 0.2) is 48.5 Å². The Morgan fingerprint density at radius 3 is 2.21 bits per heavy atom. The first-order valence-electron chi connectivity index (χ1n) is 9.15. The van der Waals surface area contributed by atoms with E-state index in [-0.39, 0.29) is 0 Å². The van der Waals surface area contributed by atoms with Crippen molar-refractivity contribution in [2.45, 2.75) is 12.8 Å². The summed E-state index contributed by atoms with van der Waals surface area (Å²) in [7, 11) is 1.59. The molecule has 8 heteroatoms. The average Bonchev–Trinajstić information content (AvgIpc) is 3.24. The Bertz CT molecular complexity index is 947. The molecule has 0 bridgehead atoms. The number of para-hydroxylation sites is 1. The van der Waals surface area contributed by atoms with Crippen molar-refractivity contribution in [1.29, 1.82) is 0 Å². The van der Waals surface area contributed by atoms with Gasteiger partial charge in [0.25, 0.3) is 0 Å². The molecule has 0 unspecified atom stereocenters.